The lowest BCUT2D eigenvalue weighted by atomic mass is 10.2. The summed E-state index contributed by atoms with van der Waals surface area (Å²) in [6, 6.07) is 1.85. The molecule has 2 N–H and O–H groups in total. The molecule has 1 amide bonds. The number of thiophene rings is 1. The highest BCUT2D eigenvalue weighted by Gasteiger charge is 2.23. The van der Waals surface area contributed by atoms with Gasteiger partial charge in [0.15, 0.2) is 0 Å². The van der Waals surface area contributed by atoms with E-state index in [2.05, 4.69) is 5.32 Å². The number of amides is 1. The second-order valence-corrected chi connectivity index (χ2v) is 4.60. The summed E-state index contributed by atoms with van der Waals surface area (Å²) in [5.41, 5.74) is 0.845. The predicted octanol–water partition coefficient (Wildman–Crippen LogP) is 1.08. The average Bonchev–Trinajstić information content (AvgIpc) is 2.95. The van der Waals surface area contributed by atoms with Gasteiger partial charge in [-0.15, -0.1) is 0 Å². The molecule has 4 nitrogen and oxygen atoms in total. The topological polar surface area (TPSA) is 58.6 Å². The summed E-state index contributed by atoms with van der Waals surface area (Å²) in [5.74, 6) is -0.119. The van der Waals surface area contributed by atoms with Crippen LogP contribution in [0.5, 0.6) is 0 Å². The van der Waals surface area contributed by atoms with Gasteiger partial charge in [0.2, 0.25) is 5.91 Å². The van der Waals surface area contributed by atoms with Gasteiger partial charge in [0.25, 0.3) is 0 Å². The van der Waals surface area contributed by atoms with Crippen molar-refractivity contribution in [3.63, 3.8) is 0 Å². The Morgan fingerprint density at radius 3 is 3.25 bits per heavy atom. The highest BCUT2D eigenvalue weighted by molar-refractivity contribution is 7.07. The lowest BCUT2D eigenvalue weighted by molar-refractivity contribution is -0.130. The third kappa shape index (κ3) is 2.81. The van der Waals surface area contributed by atoms with Crippen molar-refractivity contribution in [2.24, 2.45) is 0 Å². The molecule has 0 aromatic carbocycles. The number of hydrogen-bond donors (Lipinski definition) is 2. The first-order valence-corrected chi connectivity index (χ1v) is 6.31. The van der Waals surface area contributed by atoms with Crippen LogP contribution >= 0.6 is 11.3 Å². The summed E-state index contributed by atoms with van der Waals surface area (Å²) < 4.78 is 5.25. The number of carbonyl (C=O) groups is 1. The summed E-state index contributed by atoms with van der Waals surface area (Å²) in [7, 11) is 0. The van der Waals surface area contributed by atoms with Gasteiger partial charge in [0, 0.05) is 13.2 Å². The quantitative estimate of drug-likeness (QED) is 0.829. The van der Waals surface area contributed by atoms with Crippen LogP contribution < -0.4 is 5.32 Å². The van der Waals surface area contributed by atoms with Crippen molar-refractivity contribution in [2.45, 2.75) is 25.0 Å². The molecule has 0 aliphatic carbocycles. The molecule has 1 aromatic heterocycles. The fraction of sp³-hybridized carbons (Fsp3) is 0.545. The van der Waals surface area contributed by atoms with Crippen molar-refractivity contribution in [3.05, 3.63) is 22.4 Å². The van der Waals surface area contributed by atoms with Gasteiger partial charge >= 0.3 is 0 Å². The highest BCUT2D eigenvalue weighted by Crippen LogP contribution is 2.16. The van der Waals surface area contributed by atoms with Gasteiger partial charge in [0.05, 0.1) is 6.10 Å². The highest BCUT2D eigenvalue weighted by atomic mass is 32.1. The molecule has 0 spiro atoms. The van der Waals surface area contributed by atoms with E-state index in [0.29, 0.717) is 6.61 Å². The third-order valence-corrected chi connectivity index (χ3v) is 3.32. The summed E-state index contributed by atoms with van der Waals surface area (Å²) >= 11 is 1.53. The second-order valence-electron chi connectivity index (χ2n) is 3.82. The number of nitrogens with one attached hydrogen (secondary N) is 1. The Balaban J connectivity index is 1.76. The molecule has 2 atom stereocenters. The molecule has 1 fully saturated rings. The largest absolute Gasteiger partial charge is 0.387 e. The maximum atomic E-state index is 11.6. The molecule has 88 valence electrons. The van der Waals surface area contributed by atoms with E-state index < -0.39 is 6.10 Å². The van der Waals surface area contributed by atoms with Crippen molar-refractivity contribution >= 4 is 17.2 Å². The van der Waals surface area contributed by atoms with Gasteiger partial charge in [0.1, 0.15) is 6.10 Å². The molecule has 0 saturated carbocycles. The molecule has 2 heterocycles. The van der Waals surface area contributed by atoms with E-state index in [1.54, 1.807) is 0 Å². The Morgan fingerprint density at radius 1 is 1.75 bits per heavy atom. The van der Waals surface area contributed by atoms with Crippen LogP contribution in [0.1, 0.15) is 24.5 Å². The minimum atomic E-state index is -0.628. The first-order chi connectivity index (χ1) is 7.77. The smallest absolute Gasteiger partial charge is 0.249 e. The van der Waals surface area contributed by atoms with E-state index in [1.807, 2.05) is 16.8 Å². The molecule has 1 saturated heterocycles. The number of ether oxygens (including phenoxy) is 1. The van der Waals surface area contributed by atoms with Gasteiger partial charge in [-0.2, -0.15) is 11.3 Å². The van der Waals surface area contributed by atoms with Gasteiger partial charge in [-0.25, -0.2) is 0 Å². The van der Waals surface area contributed by atoms with Crippen LogP contribution in [0.25, 0.3) is 0 Å². The van der Waals surface area contributed by atoms with E-state index in [9.17, 15) is 9.90 Å². The van der Waals surface area contributed by atoms with Gasteiger partial charge in [-0.3, -0.25) is 4.79 Å². The second kappa shape index (κ2) is 5.43. The zero-order valence-electron chi connectivity index (χ0n) is 8.89. The first kappa shape index (κ1) is 11.6. The standard InChI is InChI=1S/C11H15NO3S/c13-9(8-3-5-16-7-8)6-12-11(14)10-2-1-4-15-10/h3,5,7,9-10,13H,1-2,4,6H2,(H,12,14)/t9?,10-/m0/s1. The summed E-state index contributed by atoms with van der Waals surface area (Å²) in [5, 5.41) is 16.2. The minimum absolute atomic E-state index is 0.119. The molecular formula is C11H15NO3S. The normalized spacial score (nSPS) is 21.9. The number of hydrogen-bond acceptors (Lipinski definition) is 4. The Morgan fingerprint density at radius 2 is 2.62 bits per heavy atom. The Kier molecular flexibility index (Phi) is 3.93. The third-order valence-electron chi connectivity index (χ3n) is 2.62. The molecule has 5 heteroatoms. The zero-order chi connectivity index (χ0) is 11.4. The lowest BCUT2D eigenvalue weighted by Gasteiger charge is -2.13. The Labute approximate surface area is 98.2 Å². The molecule has 1 unspecified atom stereocenters. The van der Waals surface area contributed by atoms with Crippen molar-refractivity contribution in [2.75, 3.05) is 13.2 Å². The van der Waals surface area contributed by atoms with E-state index in [-0.39, 0.29) is 18.6 Å². The van der Waals surface area contributed by atoms with Crippen LogP contribution in [-0.4, -0.2) is 30.3 Å². The van der Waals surface area contributed by atoms with E-state index >= 15 is 0 Å². The van der Waals surface area contributed by atoms with Crippen LogP contribution in [0.4, 0.5) is 0 Å². The molecule has 0 radical (unpaired) electrons. The molecule has 1 aliphatic rings. The lowest BCUT2D eigenvalue weighted by Crippen LogP contribution is -2.36. The fourth-order valence-electron chi connectivity index (χ4n) is 1.68. The van der Waals surface area contributed by atoms with Crippen LogP contribution in [0.2, 0.25) is 0 Å². The SMILES string of the molecule is O=C(NCC(O)c1ccsc1)[C@@H]1CCCO1. The number of aliphatic hydroxyl groups is 1. The van der Waals surface area contributed by atoms with Gasteiger partial charge in [-0.05, 0) is 35.2 Å². The average molecular weight is 241 g/mol. The van der Waals surface area contributed by atoms with Crippen molar-refractivity contribution < 1.29 is 14.6 Å². The monoisotopic (exact) mass is 241 g/mol. The Hall–Kier alpha value is -0.910. The molecule has 0 bridgehead atoms. The number of aliphatic hydroxyl groups excluding tert-OH is 1. The van der Waals surface area contributed by atoms with Crippen molar-refractivity contribution in [1.29, 1.82) is 0 Å². The van der Waals surface area contributed by atoms with Crippen molar-refractivity contribution in [3.8, 4) is 0 Å². The summed E-state index contributed by atoms with van der Waals surface area (Å²) in [4.78, 5) is 11.6. The van der Waals surface area contributed by atoms with Gasteiger partial charge < -0.3 is 15.2 Å². The predicted molar refractivity (Wildman–Crippen MR) is 61.3 cm³/mol. The number of carbonyl (C=O) groups excluding carboxylic acids is 1. The molecular weight excluding hydrogens is 226 g/mol. The fourth-order valence-corrected chi connectivity index (χ4v) is 2.39. The molecule has 16 heavy (non-hydrogen) atoms. The van der Waals surface area contributed by atoms with Gasteiger partial charge in [-0.1, -0.05) is 0 Å². The van der Waals surface area contributed by atoms with Crippen LogP contribution in [0.3, 0.4) is 0 Å². The van der Waals surface area contributed by atoms with E-state index in [1.165, 1.54) is 11.3 Å². The van der Waals surface area contributed by atoms with Crippen LogP contribution in [0, 0.1) is 0 Å². The Bertz CT molecular complexity index is 333. The maximum absolute atomic E-state index is 11.6. The molecule has 1 aromatic rings. The summed E-state index contributed by atoms with van der Waals surface area (Å²) in [6.07, 6.45) is 0.761. The molecule has 2 rings (SSSR count). The first-order valence-electron chi connectivity index (χ1n) is 5.37. The molecule has 1 aliphatic heterocycles. The van der Waals surface area contributed by atoms with Crippen molar-refractivity contribution in [1.82, 2.24) is 5.32 Å². The summed E-state index contributed by atoms with van der Waals surface area (Å²) in [6.45, 7) is 0.903. The zero-order valence-corrected chi connectivity index (χ0v) is 9.70. The minimum Gasteiger partial charge on any atom is -0.387 e. The number of rotatable bonds is 4. The maximum Gasteiger partial charge on any atom is 0.249 e. The van der Waals surface area contributed by atoms with Crippen LogP contribution in [0.15, 0.2) is 16.8 Å². The van der Waals surface area contributed by atoms with E-state index in [4.69, 9.17) is 4.74 Å². The van der Waals surface area contributed by atoms with E-state index in [0.717, 1.165) is 18.4 Å². The van der Waals surface area contributed by atoms with Crippen LogP contribution in [-0.2, 0) is 9.53 Å².